The maximum atomic E-state index is 11.4. The second-order valence-electron chi connectivity index (χ2n) is 3.94. The number of carbonyl (C=O) groups excluding carboxylic acids is 1. The van der Waals surface area contributed by atoms with Crippen LogP contribution >= 0.6 is 0 Å². The Balaban J connectivity index is 2.19. The molecule has 14 heavy (non-hydrogen) atoms. The van der Waals surface area contributed by atoms with Crippen LogP contribution < -0.4 is 5.73 Å². The number of nitrogens with zero attached hydrogens (tertiary/aromatic N) is 1. The predicted octanol–water partition coefficient (Wildman–Crippen LogP) is -0.297. The van der Waals surface area contributed by atoms with Gasteiger partial charge in [0.05, 0.1) is 0 Å². The maximum absolute atomic E-state index is 11.4. The number of nitrogens with two attached hydrogens (primary N) is 1. The van der Waals surface area contributed by atoms with E-state index in [9.17, 15) is 9.00 Å². The van der Waals surface area contributed by atoms with Crippen LogP contribution in [0.15, 0.2) is 0 Å². The minimum atomic E-state index is -0.874. The molecule has 0 aromatic rings. The molecule has 0 aliphatic carbocycles. The first-order valence-corrected chi connectivity index (χ1v) is 6.29. The van der Waals surface area contributed by atoms with Gasteiger partial charge in [0.1, 0.15) is 0 Å². The van der Waals surface area contributed by atoms with Gasteiger partial charge in [-0.25, -0.2) is 0 Å². The van der Waals surface area contributed by atoms with Gasteiger partial charge in [0.2, 0.25) is 5.91 Å². The summed E-state index contributed by atoms with van der Waals surface area (Å²) in [7, 11) is -0.874. The lowest BCUT2D eigenvalue weighted by molar-refractivity contribution is -0.134. The van der Waals surface area contributed by atoms with Crippen molar-refractivity contribution in [2.75, 3.05) is 18.8 Å². The normalized spacial score (nSPS) is 19.6. The third kappa shape index (κ3) is 3.06. The third-order valence-electron chi connectivity index (χ3n) is 2.31. The molecule has 0 aromatic heterocycles. The highest BCUT2D eigenvalue weighted by Gasteiger charge is 2.27. The monoisotopic (exact) mass is 218 g/mol. The first-order valence-electron chi connectivity index (χ1n) is 4.91. The number of hydrogen-bond acceptors (Lipinski definition) is 3. The Bertz CT molecular complexity index is 237. The maximum Gasteiger partial charge on any atom is 0.223 e. The lowest BCUT2D eigenvalue weighted by Crippen LogP contribution is -2.58. The van der Waals surface area contributed by atoms with E-state index in [0.717, 1.165) is 0 Å². The molecular weight excluding hydrogens is 200 g/mol. The fourth-order valence-electron chi connectivity index (χ4n) is 1.30. The summed E-state index contributed by atoms with van der Waals surface area (Å²) in [5.74, 6) is 0.558. The van der Waals surface area contributed by atoms with E-state index >= 15 is 0 Å². The molecule has 1 fully saturated rings. The van der Waals surface area contributed by atoms with Crippen molar-refractivity contribution in [2.24, 2.45) is 5.73 Å². The highest BCUT2D eigenvalue weighted by atomic mass is 32.2. The zero-order valence-electron chi connectivity index (χ0n) is 8.73. The molecule has 0 radical (unpaired) electrons. The van der Waals surface area contributed by atoms with Crippen molar-refractivity contribution in [1.82, 2.24) is 4.90 Å². The van der Waals surface area contributed by atoms with Crippen LogP contribution in [-0.4, -0.2) is 45.2 Å². The van der Waals surface area contributed by atoms with Crippen molar-refractivity contribution in [3.8, 4) is 0 Å². The van der Waals surface area contributed by atoms with E-state index in [1.54, 1.807) is 4.90 Å². The Labute approximate surface area is 87.3 Å². The van der Waals surface area contributed by atoms with Crippen molar-refractivity contribution in [3.05, 3.63) is 0 Å². The zero-order valence-corrected chi connectivity index (χ0v) is 9.55. The molecule has 1 aliphatic rings. The molecule has 1 atom stereocenters. The molecule has 5 heteroatoms. The van der Waals surface area contributed by atoms with Gasteiger partial charge in [-0.15, -0.1) is 0 Å². The van der Waals surface area contributed by atoms with E-state index in [0.29, 0.717) is 25.3 Å². The molecule has 0 saturated carbocycles. The van der Waals surface area contributed by atoms with Crippen LogP contribution in [0.1, 0.15) is 20.3 Å². The van der Waals surface area contributed by atoms with Crippen LogP contribution in [0, 0.1) is 0 Å². The minimum absolute atomic E-state index is 0.0840. The number of amides is 1. The summed E-state index contributed by atoms with van der Waals surface area (Å²) in [5, 5.41) is 0.140. The summed E-state index contributed by atoms with van der Waals surface area (Å²) in [6.07, 6.45) is 0.386. The van der Waals surface area contributed by atoms with Gasteiger partial charge >= 0.3 is 0 Å². The van der Waals surface area contributed by atoms with Gasteiger partial charge in [-0.05, 0) is 0 Å². The first kappa shape index (κ1) is 11.7. The number of rotatable bonds is 4. The number of hydrogen-bond donors (Lipinski definition) is 1. The van der Waals surface area contributed by atoms with E-state index in [4.69, 9.17) is 5.73 Å². The summed E-state index contributed by atoms with van der Waals surface area (Å²) in [6.45, 7) is 5.13. The Morgan fingerprint density at radius 3 is 2.57 bits per heavy atom. The Kier molecular flexibility index (Phi) is 4.07. The number of likely N-dealkylation sites (tertiary alicyclic amines) is 1. The fraction of sp³-hybridized carbons (Fsp3) is 0.889. The largest absolute Gasteiger partial charge is 0.339 e. The van der Waals surface area contributed by atoms with Crippen molar-refractivity contribution in [2.45, 2.75) is 31.6 Å². The van der Waals surface area contributed by atoms with Gasteiger partial charge < -0.3 is 10.6 Å². The van der Waals surface area contributed by atoms with E-state index in [-0.39, 0.29) is 17.2 Å². The first-order chi connectivity index (χ1) is 6.50. The molecule has 1 rings (SSSR count). The van der Waals surface area contributed by atoms with Gasteiger partial charge in [0, 0.05) is 47.4 Å². The second kappa shape index (κ2) is 4.89. The van der Waals surface area contributed by atoms with Crippen LogP contribution in [0.2, 0.25) is 0 Å². The highest BCUT2D eigenvalue weighted by molar-refractivity contribution is 7.85. The van der Waals surface area contributed by atoms with Crippen LogP contribution in [0.4, 0.5) is 0 Å². The molecule has 1 unspecified atom stereocenters. The van der Waals surface area contributed by atoms with Crippen molar-refractivity contribution in [3.63, 3.8) is 0 Å². The molecule has 0 aromatic carbocycles. The molecule has 2 N–H and O–H groups in total. The van der Waals surface area contributed by atoms with Gasteiger partial charge in [0.15, 0.2) is 0 Å². The third-order valence-corrected chi connectivity index (χ3v) is 3.96. The van der Waals surface area contributed by atoms with E-state index in [1.807, 2.05) is 13.8 Å². The molecule has 1 aliphatic heterocycles. The summed E-state index contributed by atoms with van der Waals surface area (Å²) < 4.78 is 11.4. The summed E-state index contributed by atoms with van der Waals surface area (Å²) in [5.41, 5.74) is 5.56. The standard InChI is InChI=1S/C9H18N2O2S/c1-7(2)14(13)4-3-9(12)11-5-8(10)6-11/h7-8H,3-6,10H2,1-2H3. The van der Waals surface area contributed by atoms with Crippen molar-refractivity contribution >= 4 is 16.7 Å². The molecule has 4 nitrogen and oxygen atoms in total. The fourth-order valence-corrected chi connectivity index (χ4v) is 2.15. The predicted molar refractivity (Wildman–Crippen MR) is 57.3 cm³/mol. The quantitative estimate of drug-likeness (QED) is 0.705. The molecule has 1 saturated heterocycles. The average molecular weight is 218 g/mol. The molecular formula is C9H18N2O2S. The second-order valence-corrected chi connectivity index (χ2v) is 6.05. The van der Waals surface area contributed by atoms with Crippen LogP contribution in [0.5, 0.6) is 0 Å². The van der Waals surface area contributed by atoms with Gasteiger partial charge in [-0.3, -0.25) is 9.00 Å². The van der Waals surface area contributed by atoms with Gasteiger partial charge in [-0.1, -0.05) is 13.8 Å². The zero-order chi connectivity index (χ0) is 10.7. The molecule has 1 amide bonds. The smallest absolute Gasteiger partial charge is 0.223 e. The van der Waals surface area contributed by atoms with E-state index < -0.39 is 10.8 Å². The van der Waals surface area contributed by atoms with Gasteiger partial charge in [-0.2, -0.15) is 0 Å². The Morgan fingerprint density at radius 1 is 1.57 bits per heavy atom. The minimum Gasteiger partial charge on any atom is -0.339 e. The topological polar surface area (TPSA) is 63.4 Å². The van der Waals surface area contributed by atoms with Crippen LogP contribution in [0.3, 0.4) is 0 Å². The van der Waals surface area contributed by atoms with Crippen molar-refractivity contribution in [1.29, 1.82) is 0 Å². The Hall–Kier alpha value is -0.420. The van der Waals surface area contributed by atoms with Crippen molar-refractivity contribution < 1.29 is 9.00 Å². The van der Waals surface area contributed by atoms with E-state index in [1.165, 1.54) is 0 Å². The van der Waals surface area contributed by atoms with Crippen LogP contribution in [-0.2, 0) is 15.6 Å². The Morgan fingerprint density at radius 2 is 2.14 bits per heavy atom. The summed E-state index contributed by atoms with van der Waals surface area (Å²) in [6, 6.07) is 0.148. The lowest BCUT2D eigenvalue weighted by Gasteiger charge is -2.36. The van der Waals surface area contributed by atoms with Gasteiger partial charge in [0.25, 0.3) is 0 Å². The molecule has 0 bridgehead atoms. The summed E-state index contributed by atoms with van der Waals surface area (Å²) >= 11 is 0. The summed E-state index contributed by atoms with van der Waals surface area (Å²) in [4.78, 5) is 13.2. The molecule has 1 heterocycles. The SMILES string of the molecule is CC(C)S(=O)CCC(=O)N1CC(N)C1. The number of carbonyl (C=O) groups is 1. The molecule has 0 spiro atoms. The van der Waals surface area contributed by atoms with E-state index in [2.05, 4.69) is 0 Å². The average Bonchev–Trinajstić information content (AvgIpc) is 2.08. The molecule has 82 valence electrons. The lowest BCUT2D eigenvalue weighted by atomic mass is 10.1. The van der Waals surface area contributed by atoms with Crippen LogP contribution in [0.25, 0.3) is 0 Å². The highest BCUT2D eigenvalue weighted by Crippen LogP contribution is 2.08.